The van der Waals surface area contributed by atoms with Gasteiger partial charge in [0.1, 0.15) is 6.54 Å². The number of fused-ring (bicyclic) bond motifs is 1. The third-order valence-electron chi connectivity index (χ3n) is 5.89. The summed E-state index contributed by atoms with van der Waals surface area (Å²) < 4.78 is 16.8. The molecule has 1 amide bonds. The van der Waals surface area contributed by atoms with E-state index in [1.54, 1.807) is 22.8 Å². The fourth-order valence-electron chi connectivity index (χ4n) is 4.27. The van der Waals surface area contributed by atoms with Gasteiger partial charge in [-0.15, -0.1) is 0 Å². The number of carbonyl (C=O) groups is 2. The summed E-state index contributed by atoms with van der Waals surface area (Å²) in [4.78, 5) is 25.6. The standard InChI is InChI=1S/C24H24ClFN2O3S/c1-14-23(32-17-9-5-6-15(12-17)24(30)31)18-10-11-19(25)21(26)22(18)28(14)13-20(29)27-16-7-3-2-4-8-16/h5-6,9-12,16H,2-4,7-8,13H2,1H3,(H,27,29)(H,30,31). The summed E-state index contributed by atoms with van der Waals surface area (Å²) in [7, 11) is 0. The Morgan fingerprint density at radius 1 is 1.22 bits per heavy atom. The number of hydrogen-bond donors (Lipinski definition) is 2. The van der Waals surface area contributed by atoms with Crippen molar-refractivity contribution in [2.45, 2.75) is 61.4 Å². The van der Waals surface area contributed by atoms with Gasteiger partial charge in [-0.05, 0) is 50.1 Å². The SMILES string of the molecule is Cc1c(Sc2cccc(C(=O)O)c2)c2ccc(Cl)c(F)c2n1CC(=O)NC1CCCCC1. The van der Waals surface area contributed by atoms with Crippen LogP contribution in [-0.4, -0.2) is 27.6 Å². The number of rotatable bonds is 6. The second-order valence-electron chi connectivity index (χ2n) is 8.10. The molecule has 0 radical (unpaired) electrons. The minimum Gasteiger partial charge on any atom is -0.478 e. The van der Waals surface area contributed by atoms with E-state index in [1.807, 2.05) is 13.0 Å². The average molecular weight is 475 g/mol. The molecule has 5 nitrogen and oxygen atoms in total. The van der Waals surface area contributed by atoms with Crippen molar-refractivity contribution in [3.63, 3.8) is 0 Å². The Balaban J connectivity index is 1.70. The highest BCUT2D eigenvalue weighted by molar-refractivity contribution is 7.99. The summed E-state index contributed by atoms with van der Waals surface area (Å²) in [5.41, 5.74) is 1.19. The summed E-state index contributed by atoms with van der Waals surface area (Å²) >= 11 is 7.42. The van der Waals surface area contributed by atoms with Crippen molar-refractivity contribution in [2.24, 2.45) is 0 Å². The summed E-state index contributed by atoms with van der Waals surface area (Å²) in [5, 5.41) is 13.0. The van der Waals surface area contributed by atoms with Gasteiger partial charge < -0.3 is 15.0 Å². The first-order valence-electron chi connectivity index (χ1n) is 10.6. The highest BCUT2D eigenvalue weighted by Crippen LogP contribution is 2.40. The molecule has 1 aromatic heterocycles. The van der Waals surface area contributed by atoms with Gasteiger partial charge in [0.2, 0.25) is 5.91 Å². The monoisotopic (exact) mass is 474 g/mol. The molecular weight excluding hydrogens is 451 g/mol. The number of carboxylic acids is 1. The molecule has 0 spiro atoms. The predicted octanol–water partition coefficient (Wildman–Crippen LogP) is 6.04. The van der Waals surface area contributed by atoms with Crippen molar-refractivity contribution in [3.05, 3.63) is 58.5 Å². The first-order valence-corrected chi connectivity index (χ1v) is 11.8. The number of carboxylic acid groups (broad SMARTS) is 1. The van der Waals surface area contributed by atoms with Crippen molar-refractivity contribution >= 4 is 46.1 Å². The van der Waals surface area contributed by atoms with Crippen LogP contribution in [0.3, 0.4) is 0 Å². The van der Waals surface area contributed by atoms with E-state index >= 15 is 4.39 Å². The Kier molecular flexibility index (Phi) is 6.76. The van der Waals surface area contributed by atoms with Crippen LogP contribution < -0.4 is 5.32 Å². The van der Waals surface area contributed by atoms with E-state index in [4.69, 9.17) is 11.6 Å². The van der Waals surface area contributed by atoms with Crippen LogP contribution in [0.15, 0.2) is 46.2 Å². The Morgan fingerprint density at radius 2 is 1.97 bits per heavy atom. The van der Waals surface area contributed by atoms with E-state index in [9.17, 15) is 14.7 Å². The number of aromatic carboxylic acids is 1. The van der Waals surface area contributed by atoms with E-state index in [-0.39, 0.29) is 34.6 Å². The molecule has 32 heavy (non-hydrogen) atoms. The van der Waals surface area contributed by atoms with E-state index in [1.165, 1.54) is 30.3 Å². The first-order chi connectivity index (χ1) is 15.3. The predicted molar refractivity (Wildman–Crippen MR) is 124 cm³/mol. The number of aromatic nitrogens is 1. The lowest BCUT2D eigenvalue weighted by molar-refractivity contribution is -0.122. The first kappa shape index (κ1) is 22.7. The molecule has 168 valence electrons. The number of nitrogens with one attached hydrogen (secondary N) is 1. The van der Waals surface area contributed by atoms with Crippen molar-refractivity contribution in [3.8, 4) is 0 Å². The third-order valence-corrected chi connectivity index (χ3v) is 7.39. The Bertz CT molecular complexity index is 1190. The van der Waals surface area contributed by atoms with Crippen LogP contribution >= 0.6 is 23.4 Å². The van der Waals surface area contributed by atoms with Crippen molar-refractivity contribution in [2.75, 3.05) is 0 Å². The summed E-state index contributed by atoms with van der Waals surface area (Å²) in [6, 6.07) is 10.0. The quantitative estimate of drug-likeness (QED) is 0.457. The van der Waals surface area contributed by atoms with Gasteiger partial charge in [0.15, 0.2) is 5.82 Å². The zero-order valence-corrected chi connectivity index (χ0v) is 19.2. The maximum absolute atomic E-state index is 15.1. The van der Waals surface area contributed by atoms with E-state index in [0.29, 0.717) is 10.3 Å². The molecule has 1 aliphatic rings. The third kappa shape index (κ3) is 4.64. The largest absolute Gasteiger partial charge is 0.478 e. The van der Waals surface area contributed by atoms with Gasteiger partial charge in [-0.3, -0.25) is 4.79 Å². The molecule has 0 bridgehead atoms. The smallest absolute Gasteiger partial charge is 0.335 e. The molecule has 8 heteroatoms. The molecule has 2 N–H and O–H groups in total. The number of halogens is 2. The highest BCUT2D eigenvalue weighted by Gasteiger charge is 2.23. The molecule has 2 aromatic carbocycles. The maximum atomic E-state index is 15.1. The molecule has 0 atom stereocenters. The normalized spacial score (nSPS) is 14.6. The lowest BCUT2D eigenvalue weighted by Crippen LogP contribution is -2.38. The number of nitrogens with zero attached hydrogens (tertiary/aromatic N) is 1. The van der Waals surface area contributed by atoms with Crippen LogP contribution in [0.4, 0.5) is 4.39 Å². The van der Waals surface area contributed by atoms with E-state index in [2.05, 4.69) is 5.32 Å². The van der Waals surface area contributed by atoms with E-state index < -0.39 is 11.8 Å². The second-order valence-corrected chi connectivity index (χ2v) is 9.59. The maximum Gasteiger partial charge on any atom is 0.335 e. The summed E-state index contributed by atoms with van der Waals surface area (Å²) in [6.45, 7) is 1.83. The van der Waals surface area contributed by atoms with Gasteiger partial charge in [-0.1, -0.05) is 48.7 Å². The molecule has 1 heterocycles. The van der Waals surface area contributed by atoms with Crippen molar-refractivity contribution < 1.29 is 19.1 Å². The summed E-state index contributed by atoms with van der Waals surface area (Å²) in [6.07, 6.45) is 5.35. The van der Waals surface area contributed by atoms with Gasteiger partial charge in [-0.25, -0.2) is 9.18 Å². The molecule has 0 unspecified atom stereocenters. The van der Waals surface area contributed by atoms with Crippen LogP contribution in [0.25, 0.3) is 10.9 Å². The van der Waals surface area contributed by atoms with Gasteiger partial charge in [-0.2, -0.15) is 0 Å². The number of carbonyl (C=O) groups excluding carboxylic acids is 1. The molecule has 3 aromatic rings. The topological polar surface area (TPSA) is 71.3 Å². The van der Waals surface area contributed by atoms with Crippen molar-refractivity contribution in [1.29, 1.82) is 0 Å². The molecule has 1 fully saturated rings. The van der Waals surface area contributed by atoms with Gasteiger partial charge in [0.25, 0.3) is 0 Å². The second kappa shape index (κ2) is 9.55. The van der Waals surface area contributed by atoms with Crippen LogP contribution in [0.5, 0.6) is 0 Å². The molecule has 0 saturated heterocycles. The van der Waals surface area contributed by atoms with Crippen LogP contribution in [0.1, 0.15) is 48.2 Å². The number of benzene rings is 2. The number of amides is 1. The Labute approximate surface area is 194 Å². The minimum atomic E-state index is -1.01. The lowest BCUT2D eigenvalue weighted by Gasteiger charge is -2.23. The zero-order valence-electron chi connectivity index (χ0n) is 17.7. The number of hydrogen-bond acceptors (Lipinski definition) is 3. The molecule has 4 rings (SSSR count). The molecule has 0 aliphatic heterocycles. The molecular formula is C24H24ClFN2O3S. The Morgan fingerprint density at radius 3 is 2.69 bits per heavy atom. The van der Waals surface area contributed by atoms with Crippen LogP contribution in [-0.2, 0) is 11.3 Å². The lowest BCUT2D eigenvalue weighted by atomic mass is 9.95. The molecule has 1 saturated carbocycles. The fraction of sp³-hybridized carbons (Fsp3) is 0.333. The van der Waals surface area contributed by atoms with Gasteiger partial charge in [0.05, 0.1) is 16.1 Å². The minimum absolute atomic E-state index is 0.00615. The average Bonchev–Trinajstić information content (AvgIpc) is 3.03. The van der Waals surface area contributed by atoms with Crippen LogP contribution in [0, 0.1) is 12.7 Å². The zero-order chi connectivity index (χ0) is 22.8. The fourth-order valence-corrected chi connectivity index (χ4v) is 5.53. The summed E-state index contributed by atoms with van der Waals surface area (Å²) in [5.74, 6) is -1.73. The van der Waals surface area contributed by atoms with Gasteiger partial charge in [0, 0.05) is 26.9 Å². The van der Waals surface area contributed by atoms with Gasteiger partial charge >= 0.3 is 5.97 Å². The van der Waals surface area contributed by atoms with Crippen LogP contribution in [0.2, 0.25) is 5.02 Å². The van der Waals surface area contributed by atoms with E-state index in [0.717, 1.165) is 36.3 Å². The highest BCUT2D eigenvalue weighted by atomic mass is 35.5. The molecule has 1 aliphatic carbocycles. The van der Waals surface area contributed by atoms with Crippen molar-refractivity contribution in [1.82, 2.24) is 9.88 Å². The Hall–Kier alpha value is -2.51.